The standard InChI is InChI=1S/C29H33NO5/c1-20-9-7-8-10-23(20)21-12-15-26(35-18-17-30(2)3)22(19-21)11-14-25(31)24-13-16-27(32-4)29(34-6)28(24)33-5/h7-16,19H,17-18H2,1-6H3. The molecular weight excluding hydrogens is 442 g/mol. The lowest BCUT2D eigenvalue weighted by Gasteiger charge is -2.15. The van der Waals surface area contributed by atoms with E-state index in [1.54, 1.807) is 18.2 Å². The summed E-state index contributed by atoms with van der Waals surface area (Å²) in [6.45, 7) is 3.40. The fourth-order valence-corrected chi connectivity index (χ4v) is 3.76. The highest BCUT2D eigenvalue weighted by atomic mass is 16.5. The van der Waals surface area contributed by atoms with E-state index in [9.17, 15) is 4.79 Å². The van der Waals surface area contributed by atoms with E-state index in [-0.39, 0.29) is 5.78 Å². The number of rotatable bonds is 11. The summed E-state index contributed by atoms with van der Waals surface area (Å²) >= 11 is 0. The number of allylic oxidation sites excluding steroid dienone is 1. The van der Waals surface area contributed by atoms with E-state index < -0.39 is 0 Å². The first-order valence-electron chi connectivity index (χ1n) is 11.4. The lowest BCUT2D eigenvalue weighted by molar-refractivity contribution is 0.104. The van der Waals surface area contributed by atoms with Crippen molar-refractivity contribution in [3.8, 4) is 34.1 Å². The van der Waals surface area contributed by atoms with Crippen LogP contribution in [-0.2, 0) is 0 Å². The van der Waals surface area contributed by atoms with Gasteiger partial charge in [0, 0.05) is 12.1 Å². The summed E-state index contributed by atoms with van der Waals surface area (Å²) in [5.74, 6) is 1.70. The number of ether oxygens (including phenoxy) is 4. The number of aryl methyl sites for hydroxylation is 1. The second-order valence-electron chi connectivity index (χ2n) is 8.30. The average Bonchev–Trinajstić information content (AvgIpc) is 2.86. The highest BCUT2D eigenvalue weighted by molar-refractivity contribution is 6.09. The van der Waals surface area contributed by atoms with Gasteiger partial charge in [-0.15, -0.1) is 0 Å². The Bertz CT molecular complexity index is 1200. The molecule has 0 aliphatic rings. The molecule has 3 aromatic carbocycles. The van der Waals surface area contributed by atoms with Crippen LogP contribution in [0.15, 0.2) is 60.7 Å². The van der Waals surface area contributed by atoms with Crippen molar-refractivity contribution in [1.82, 2.24) is 4.90 Å². The Kier molecular flexibility index (Phi) is 8.92. The predicted molar refractivity (Wildman–Crippen MR) is 140 cm³/mol. The van der Waals surface area contributed by atoms with Crippen LogP contribution in [-0.4, -0.2) is 59.3 Å². The number of carbonyl (C=O) groups excluding carboxylic acids is 1. The molecule has 0 fully saturated rings. The second kappa shape index (κ2) is 12.1. The fraction of sp³-hybridized carbons (Fsp3) is 0.276. The molecule has 0 saturated carbocycles. The smallest absolute Gasteiger partial charge is 0.204 e. The molecule has 0 spiro atoms. The van der Waals surface area contributed by atoms with Gasteiger partial charge in [0.25, 0.3) is 0 Å². The zero-order valence-electron chi connectivity index (χ0n) is 21.3. The molecule has 6 nitrogen and oxygen atoms in total. The van der Waals surface area contributed by atoms with Gasteiger partial charge in [-0.3, -0.25) is 4.79 Å². The highest BCUT2D eigenvalue weighted by Gasteiger charge is 2.19. The number of hydrogen-bond donors (Lipinski definition) is 0. The maximum Gasteiger partial charge on any atom is 0.204 e. The summed E-state index contributed by atoms with van der Waals surface area (Å²) in [4.78, 5) is 15.2. The van der Waals surface area contributed by atoms with Gasteiger partial charge in [-0.1, -0.05) is 30.3 Å². The van der Waals surface area contributed by atoms with Gasteiger partial charge in [0.1, 0.15) is 12.4 Å². The maximum atomic E-state index is 13.2. The maximum absolute atomic E-state index is 13.2. The Morgan fingerprint density at radius 2 is 1.60 bits per heavy atom. The molecule has 0 amide bonds. The third-order valence-corrected chi connectivity index (χ3v) is 5.65. The normalized spacial score (nSPS) is 11.1. The van der Waals surface area contributed by atoms with E-state index in [0.717, 1.165) is 23.2 Å². The molecule has 35 heavy (non-hydrogen) atoms. The van der Waals surface area contributed by atoms with Gasteiger partial charge in [-0.05, 0) is 74.1 Å². The molecule has 0 heterocycles. The van der Waals surface area contributed by atoms with Crippen molar-refractivity contribution < 1.29 is 23.7 Å². The molecule has 0 N–H and O–H groups in total. The fourth-order valence-electron chi connectivity index (χ4n) is 3.76. The summed E-state index contributed by atoms with van der Waals surface area (Å²) in [6.07, 6.45) is 3.31. The van der Waals surface area contributed by atoms with Gasteiger partial charge in [0.05, 0.1) is 26.9 Å². The summed E-state index contributed by atoms with van der Waals surface area (Å²) in [7, 11) is 8.55. The molecule has 0 unspecified atom stereocenters. The summed E-state index contributed by atoms with van der Waals surface area (Å²) in [5.41, 5.74) is 4.56. The summed E-state index contributed by atoms with van der Waals surface area (Å²) in [6, 6.07) is 17.6. The van der Waals surface area contributed by atoms with Crippen LogP contribution in [0.25, 0.3) is 17.2 Å². The average molecular weight is 476 g/mol. The number of nitrogens with zero attached hydrogens (tertiary/aromatic N) is 1. The van der Waals surface area contributed by atoms with Crippen molar-refractivity contribution in [1.29, 1.82) is 0 Å². The molecule has 0 radical (unpaired) electrons. The van der Waals surface area contributed by atoms with E-state index in [1.807, 2.05) is 44.4 Å². The van der Waals surface area contributed by atoms with Crippen LogP contribution in [0.4, 0.5) is 0 Å². The molecule has 0 aliphatic carbocycles. The lowest BCUT2D eigenvalue weighted by Crippen LogP contribution is -2.19. The molecule has 0 bridgehead atoms. The zero-order chi connectivity index (χ0) is 25.4. The second-order valence-corrected chi connectivity index (χ2v) is 8.30. The minimum atomic E-state index is -0.219. The zero-order valence-corrected chi connectivity index (χ0v) is 21.3. The number of benzene rings is 3. The van der Waals surface area contributed by atoms with Crippen LogP contribution in [0.1, 0.15) is 21.5 Å². The molecule has 0 atom stereocenters. The third-order valence-electron chi connectivity index (χ3n) is 5.65. The van der Waals surface area contributed by atoms with E-state index >= 15 is 0 Å². The molecule has 3 aromatic rings. The molecule has 184 valence electrons. The molecular formula is C29H33NO5. The van der Waals surface area contributed by atoms with Crippen molar-refractivity contribution in [2.24, 2.45) is 0 Å². The minimum Gasteiger partial charge on any atom is -0.493 e. The van der Waals surface area contributed by atoms with Crippen molar-refractivity contribution in [3.05, 3.63) is 77.4 Å². The van der Waals surface area contributed by atoms with E-state index in [2.05, 4.69) is 24.0 Å². The van der Waals surface area contributed by atoms with Gasteiger partial charge in [0.15, 0.2) is 17.3 Å². The monoisotopic (exact) mass is 475 g/mol. The van der Waals surface area contributed by atoms with Gasteiger partial charge in [0.2, 0.25) is 5.75 Å². The first-order chi connectivity index (χ1) is 16.9. The third kappa shape index (κ3) is 6.22. The first-order valence-corrected chi connectivity index (χ1v) is 11.4. The molecule has 0 aromatic heterocycles. The number of carbonyl (C=O) groups is 1. The Morgan fingerprint density at radius 3 is 2.26 bits per heavy atom. The number of likely N-dealkylation sites (N-methyl/N-ethyl adjacent to an activating group) is 1. The Morgan fingerprint density at radius 1 is 0.886 bits per heavy atom. The topological polar surface area (TPSA) is 57.2 Å². The highest BCUT2D eigenvalue weighted by Crippen LogP contribution is 2.40. The van der Waals surface area contributed by atoms with Crippen LogP contribution in [0.5, 0.6) is 23.0 Å². The molecule has 0 saturated heterocycles. The first kappa shape index (κ1) is 25.8. The van der Waals surface area contributed by atoms with Gasteiger partial charge in [-0.2, -0.15) is 0 Å². The van der Waals surface area contributed by atoms with Crippen molar-refractivity contribution in [2.75, 3.05) is 48.6 Å². The lowest BCUT2D eigenvalue weighted by atomic mass is 9.98. The Balaban J connectivity index is 1.99. The summed E-state index contributed by atoms with van der Waals surface area (Å²) in [5, 5.41) is 0. The number of ketones is 1. The van der Waals surface area contributed by atoms with Crippen LogP contribution >= 0.6 is 0 Å². The molecule has 6 heteroatoms. The van der Waals surface area contributed by atoms with E-state index in [1.165, 1.54) is 33.0 Å². The van der Waals surface area contributed by atoms with Crippen LogP contribution in [0.2, 0.25) is 0 Å². The van der Waals surface area contributed by atoms with Crippen molar-refractivity contribution >= 4 is 11.9 Å². The largest absolute Gasteiger partial charge is 0.493 e. The molecule has 0 aliphatic heterocycles. The van der Waals surface area contributed by atoms with Crippen molar-refractivity contribution in [3.63, 3.8) is 0 Å². The Hall–Kier alpha value is -3.77. The predicted octanol–water partition coefficient (Wildman–Crippen LogP) is 5.52. The summed E-state index contributed by atoms with van der Waals surface area (Å²) < 4.78 is 22.3. The van der Waals surface area contributed by atoms with Crippen LogP contribution in [0, 0.1) is 6.92 Å². The van der Waals surface area contributed by atoms with Crippen molar-refractivity contribution in [2.45, 2.75) is 6.92 Å². The van der Waals surface area contributed by atoms with Gasteiger partial charge in [-0.25, -0.2) is 0 Å². The molecule has 3 rings (SSSR count). The SMILES string of the molecule is COc1ccc(C(=O)C=Cc2cc(-c3ccccc3C)ccc2OCCN(C)C)c(OC)c1OC. The van der Waals surface area contributed by atoms with Gasteiger partial charge >= 0.3 is 0 Å². The van der Waals surface area contributed by atoms with Crippen LogP contribution < -0.4 is 18.9 Å². The minimum absolute atomic E-state index is 0.219. The van der Waals surface area contributed by atoms with Crippen LogP contribution in [0.3, 0.4) is 0 Å². The van der Waals surface area contributed by atoms with E-state index in [4.69, 9.17) is 18.9 Å². The van der Waals surface area contributed by atoms with E-state index in [0.29, 0.717) is 35.2 Å². The number of hydrogen-bond acceptors (Lipinski definition) is 6. The Labute approximate surface area is 207 Å². The number of methoxy groups -OCH3 is 3. The van der Waals surface area contributed by atoms with Gasteiger partial charge < -0.3 is 23.8 Å². The quantitative estimate of drug-likeness (QED) is 0.269.